The van der Waals surface area contributed by atoms with Crippen molar-refractivity contribution in [2.45, 2.75) is 33.1 Å². The Labute approximate surface area is 127 Å². The van der Waals surface area contributed by atoms with Crippen LogP contribution in [-0.2, 0) is 19.8 Å². The van der Waals surface area contributed by atoms with Gasteiger partial charge < -0.3 is 14.4 Å². The Balaban J connectivity index is 2.16. The number of halogens is 2. The molecular formula is C14H16Cl2N2O2. The number of ether oxygens (including phenoxy) is 1. The van der Waals surface area contributed by atoms with Crippen molar-refractivity contribution >= 4 is 23.2 Å². The predicted octanol–water partition coefficient (Wildman–Crippen LogP) is 3.67. The Kier molecular flexibility index (Phi) is 5.29. The zero-order valence-corrected chi connectivity index (χ0v) is 12.7. The van der Waals surface area contributed by atoms with E-state index in [1.807, 2.05) is 4.57 Å². The number of hydrogen-bond donors (Lipinski definition) is 1. The van der Waals surface area contributed by atoms with Crippen LogP contribution < -0.4 is 4.74 Å². The van der Waals surface area contributed by atoms with Crippen molar-refractivity contribution in [3.8, 4) is 5.75 Å². The molecule has 0 aliphatic carbocycles. The van der Waals surface area contributed by atoms with Crippen LogP contribution in [0.25, 0.3) is 0 Å². The second-order valence-electron chi connectivity index (χ2n) is 4.40. The summed E-state index contributed by atoms with van der Waals surface area (Å²) in [5.74, 6) is 0.461. The number of benzene rings is 1. The Morgan fingerprint density at radius 1 is 1.35 bits per heavy atom. The van der Waals surface area contributed by atoms with E-state index in [4.69, 9.17) is 27.9 Å². The van der Waals surface area contributed by atoms with Gasteiger partial charge in [0.1, 0.15) is 12.4 Å². The number of nitrogens with zero attached hydrogens (tertiary/aromatic N) is 2. The van der Waals surface area contributed by atoms with E-state index in [0.29, 0.717) is 28.0 Å². The largest absolute Gasteiger partial charge is 0.485 e. The third-order valence-electron chi connectivity index (χ3n) is 2.88. The van der Waals surface area contributed by atoms with Gasteiger partial charge in [-0.25, -0.2) is 4.98 Å². The summed E-state index contributed by atoms with van der Waals surface area (Å²) in [5, 5.41) is 10.2. The molecule has 0 saturated carbocycles. The second kappa shape index (κ2) is 6.97. The summed E-state index contributed by atoms with van der Waals surface area (Å²) in [6.07, 6.45) is 4.56. The van der Waals surface area contributed by atoms with Gasteiger partial charge in [0.2, 0.25) is 0 Å². The molecule has 6 heteroatoms. The Hall–Kier alpha value is -1.23. The highest BCUT2D eigenvalue weighted by atomic mass is 35.5. The van der Waals surface area contributed by atoms with Crippen LogP contribution in [0.1, 0.15) is 24.6 Å². The van der Waals surface area contributed by atoms with E-state index < -0.39 is 0 Å². The van der Waals surface area contributed by atoms with E-state index in [1.165, 1.54) is 0 Å². The Morgan fingerprint density at radius 2 is 2.15 bits per heavy atom. The number of hydrogen-bond acceptors (Lipinski definition) is 3. The average Bonchev–Trinajstić information content (AvgIpc) is 2.85. The first-order valence-corrected chi connectivity index (χ1v) is 7.11. The quantitative estimate of drug-likeness (QED) is 0.885. The van der Waals surface area contributed by atoms with E-state index in [2.05, 4.69) is 11.9 Å². The van der Waals surface area contributed by atoms with Gasteiger partial charge in [-0.2, -0.15) is 0 Å². The highest BCUT2D eigenvalue weighted by Gasteiger charge is 2.11. The van der Waals surface area contributed by atoms with Crippen molar-refractivity contribution in [1.82, 2.24) is 9.55 Å². The molecule has 1 aromatic heterocycles. The predicted molar refractivity (Wildman–Crippen MR) is 79.2 cm³/mol. The van der Waals surface area contributed by atoms with Crippen molar-refractivity contribution in [1.29, 1.82) is 0 Å². The topological polar surface area (TPSA) is 47.3 Å². The molecule has 0 spiro atoms. The standard InChI is InChI=1S/C14H16Cl2N2O2/c1-2-3-18-9-17-6-12(18)8-20-14-10(7-19)4-11(15)5-13(14)16/h4-6,9,19H,2-3,7-8H2,1H3. The summed E-state index contributed by atoms with van der Waals surface area (Å²) in [5.41, 5.74) is 1.53. The number of aromatic nitrogens is 2. The van der Waals surface area contributed by atoms with Crippen LogP contribution in [0.3, 0.4) is 0 Å². The number of aryl methyl sites for hydroxylation is 1. The summed E-state index contributed by atoms with van der Waals surface area (Å²) in [6.45, 7) is 3.16. The van der Waals surface area contributed by atoms with E-state index in [1.54, 1.807) is 24.7 Å². The van der Waals surface area contributed by atoms with E-state index >= 15 is 0 Å². The van der Waals surface area contributed by atoms with Gasteiger partial charge in [-0.15, -0.1) is 0 Å². The third kappa shape index (κ3) is 3.45. The molecule has 0 saturated heterocycles. The van der Waals surface area contributed by atoms with Gasteiger partial charge in [-0.05, 0) is 18.6 Å². The summed E-state index contributed by atoms with van der Waals surface area (Å²) in [4.78, 5) is 4.11. The van der Waals surface area contributed by atoms with Crippen molar-refractivity contribution in [3.05, 3.63) is 46.0 Å². The molecule has 0 aliphatic heterocycles. The van der Waals surface area contributed by atoms with Gasteiger partial charge in [0.25, 0.3) is 0 Å². The molecule has 0 bridgehead atoms. The van der Waals surface area contributed by atoms with Crippen molar-refractivity contribution in [2.24, 2.45) is 0 Å². The molecule has 0 unspecified atom stereocenters. The highest BCUT2D eigenvalue weighted by Crippen LogP contribution is 2.33. The zero-order valence-electron chi connectivity index (χ0n) is 11.1. The minimum Gasteiger partial charge on any atom is -0.485 e. The van der Waals surface area contributed by atoms with Gasteiger partial charge in [-0.3, -0.25) is 0 Å². The van der Waals surface area contributed by atoms with Crippen molar-refractivity contribution < 1.29 is 9.84 Å². The lowest BCUT2D eigenvalue weighted by Crippen LogP contribution is -2.06. The lowest BCUT2D eigenvalue weighted by Gasteiger charge is -2.13. The summed E-state index contributed by atoms with van der Waals surface area (Å²) in [7, 11) is 0. The van der Waals surface area contributed by atoms with Crippen LogP contribution in [0.4, 0.5) is 0 Å². The van der Waals surface area contributed by atoms with Crippen LogP contribution >= 0.6 is 23.2 Å². The molecule has 2 aromatic rings. The Bertz CT molecular complexity index is 585. The molecule has 0 radical (unpaired) electrons. The molecular weight excluding hydrogens is 299 g/mol. The van der Waals surface area contributed by atoms with E-state index in [9.17, 15) is 5.11 Å². The first-order chi connectivity index (χ1) is 9.65. The van der Waals surface area contributed by atoms with Gasteiger partial charge in [0.15, 0.2) is 0 Å². The number of aliphatic hydroxyl groups is 1. The number of rotatable bonds is 6. The van der Waals surface area contributed by atoms with Gasteiger partial charge in [0, 0.05) is 17.1 Å². The SMILES string of the molecule is CCCn1cncc1COc1c(Cl)cc(Cl)cc1CO. The smallest absolute Gasteiger partial charge is 0.144 e. The van der Waals surface area contributed by atoms with Gasteiger partial charge in [-0.1, -0.05) is 30.1 Å². The van der Waals surface area contributed by atoms with Crippen LogP contribution in [0.5, 0.6) is 5.75 Å². The number of aliphatic hydroxyl groups excluding tert-OH is 1. The lowest BCUT2D eigenvalue weighted by molar-refractivity contribution is 0.255. The molecule has 2 rings (SSSR count). The molecule has 0 aliphatic rings. The minimum atomic E-state index is -0.177. The van der Waals surface area contributed by atoms with Crippen molar-refractivity contribution in [2.75, 3.05) is 0 Å². The fourth-order valence-electron chi connectivity index (χ4n) is 1.95. The molecule has 0 amide bonds. The van der Waals surface area contributed by atoms with Crippen LogP contribution in [0, 0.1) is 0 Å². The van der Waals surface area contributed by atoms with Crippen LogP contribution in [-0.4, -0.2) is 14.7 Å². The third-order valence-corrected chi connectivity index (χ3v) is 3.38. The molecule has 4 nitrogen and oxygen atoms in total. The molecule has 1 aromatic carbocycles. The summed E-state index contributed by atoms with van der Waals surface area (Å²) in [6, 6.07) is 3.24. The van der Waals surface area contributed by atoms with E-state index in [0.717, 1.165) is 18.7 Å². The fraction of sp³-hybridized carbons (Fsp3) is 0.357. The van der Waals surface area contributed by atoms with Crippen LogP contribution in [0.15, 0.2) is 24.7 Å². The molecule has 1 N–H and O–H groups in total. The molecule has 1 heterocycles. The number of imidazole rings is 1. The summed E-state index contributed by atoms with van der Waals surface area (Å²) >= 11 is 12.0. The lowest BCUT2D eigenvalue weighted by atomic mass is 10.2. The van der Waals surface area contributed by atoms with Crippen LogP contribution in [0.2, 0.25) is 10.0 Å². The first kappa shape index (κ1) is 15.2. The first-order valence-electron chi connectivity index (χ1n) is 6.36. The zero-order chi connectivity index (χ0) is 14.5. The second-order valence-corrected chi connectivity index (χ2v) is 5.24. The molecule has 0 fully saturated rings. The van der Waals surface area contributed by atoms with Gasteiger partial charge >= 0.3 is 0 Å². The summed E-state index contributed by atoms with van der Waals surface area (Å²) < 4.78 is 7.76. The average molecular weight is 315 g/mol. The highest BCUT2D eigenvalue weighted by molar-refractivity contribution is 6.35. The maximum Gasteiger partial charge on any atom is 0.144 e. The maximum atomic E-state index is 9.35. The Morgan fingerprint density at radius 3 is 2.85 bits per heavy atom. The fourth-order valence-corrected chi connectivity index (χ4v) is 2.54. The van der Waals surface area contributed by atoms with Gasteiger partial charge in [0.05, 0.1) is 29.8 Å². The molecule has 20 heavy (non-hydrogen) atoms. The normalized spacial score (nSPS) is 10.8. The van der Waals surface area contributed by atoms with Crippen molar-refractivity contribution in [3.63, 3.8) is 0 Å². The molecule has 108 valence electrons. The minimum absolute atomic E-state index is 0.177. The molecule has 0 atom stereocenters. The maximum absolute atomic E-state index is 9.35. The monoisotopic (exact) mass is 314 g/mol. The van der Waals surface area contributed by atoms with E-state index in [-0.39, 0.29) is 6.61 Å².